The van der Waals surface area contributed by atoms with Gasteiger partial charge in [-0.3, -0.25) is 4.98 Å². The topological polar surface area (TPSA) is 70.0 Å². The lowest BCUT2D eigenvalue weighted by Crippen LogP contribution is -2.11. The van der Waals surface area contributed by atoms with E-state index >= 15 is 0 Å². The fourth-order valence-electron chi connectivity index (χ4n) is 2.05. The molecule has 7 heteroatoms. The van der Waals surface area contributed by atoms with Crippen molar-refractivity contribution >= 4 is 11.6 Å². The van der Waals surface area contributed by atoms with E-state index in [-0.39, 0.29) is 19.2 Å². The number of ether oxygens (including phenoxy) is 4. The number of hydrogen-bond acceptors (Lipinski definition) is 6. The van der Waals surface area contributed by atoms with Crippen molar-refractivity contribution in [3.8, 4) is 0 Å². The van der Waals surface area contributed by atoms with Crippen LogP contribution >= 0.6 is 11.6 Å². The molecule has 1 aromatic rings. The van der Waals surface area contributed by atoms with Crippen LogP contribution in [0.2, 0.25) is 0 Å². The Morgan fingerprint density at radius 1 is 0.733 bits per heavy atom. The quantitative estimate of drug-likeness (QED) is 0.247. The van der Waals surface area contributed by atoms with Crippen LogP contribution in [0.3, 0.4) is 0 Å². The molecule has 174 valence electrons. The molecule has 6 nitrogen and oxygen atoms in total. The molecule has 0 aliphatic carbocycles. The summed E-state index contributed by atoms with van der Waals surface area (Å²) in [6, 6.07) is 5.72. The maximum atomic E-state index is 8.47. The molecule has 0 saturated heterocycles. The second-order valence-corrected chi connectivity index (χ2v) is 6.29. The standard InChI is InChI=1S/C9H17ClO2.C9H18O3.C5H5N/c2*1-11-9(12-2)7-5-3-4-6-8-10;1-2-4-6-5-3-1/h3-4,9H,5-8H2,1-2H3;3-4,9-10H,5-8H2,1-2H3;1-5H/b2*4-3-;. The van der Waals surface area contributed by atoms with E-state index in [9.17, 15) is 0 Å². The van der Waals surface area contributed by atoms with Gasteiger partial charge in [0.25, 0.3) is 0 Å². The largest absolute Gasteiger partial charge is 0.396 e. The van der Waals surface area contributed by atoms with Crippen molar-refractivity contribution < 1.29 is 24.1 Å². The highest BCUT2D eigenvalue weighted by molar-refractivity contribution is 6.17. The first kappa shape index (κ1) is 30.9. The van der Waals surface area contributed by atoms with Crippen molar-refractivity contribution in [3.63, 3.8) is 0 Å². The summed E-state index contributed by atoms with van der Waals surface area (Å²) in [4.78, 5) is 3.78. The van der Waals surface area contributed by atoms with Gasteiger partial charge in [0.15, 0.2) is 12.6 Å². The molecule has 1 heterocycles. The van der Waals surface area contributed by atoms with Gasteiger partial charge in [-0.15, -0.1) is 11.6 Å². The average molecular weight is 446 g/mol. The van der Waals surface area contributed by atoms with Crippen molar-refractivity contribution in [1.29, 1.82) is 0 Å². The number of aromatic nitrogens is 1. The van der Waals surface area contributed by atoms with Crippen LogP contribution in [0.1, 0.15) is 38.5 Å². The van der Waals surface area contributed by atoms with Crippen molar-refractivity contribution in [2.45, 2.75) is 51.1 Å². The number of aliphatic hydroxyl groups excluding tert-OH is 1. The molecule has 0 saturated carbocycles. The highest BCUT2D eigenvalue weighted by atomic mass is 35.5. The second-order valence-electron chi connectivity index (χ2n) is 5.91. The minimum atomic E-state index is -0.108. The summed E-state index contributed by atoms with van der Waals surface area (Å²) in [5.41, 5.74) is 0. The number of methoxy groups -OCH3 is 4. The fourth-order valence-corrected chi connectivity index (χ4v) is 2.18. The molecule has 1 aromatic heterocycles. The van der Waals surface area contributed by atoms with Gasteiger partial charge in [0.2, 0.25) is 0 Å². The van der Waals surface area contributed by atoms with Gasteiger partial charge < -0.3 is 24.1 Å². The Balaban J connectivity index is 0. The van der Waals surface area contributed by atoms with Crippen LogP contribution < -0.4 is 0 Å². The molecule has 0 aliphatic heterocycles. The Morgan fingerprint density at radius 3 is 1.47 bits per heavy atom. The number of nitrogens with zero attached hydrogens (tertiary/aromatic N) is 1. The number of aliphatic hydroxyl groups is 1. The zero-order chi connectivity index (χ0) is 22.7. The van der Waals surface area contributed by atoms with E-state index in [4.69, 9.17) is 35.7 Å². The number of allylic oxidation sites excluding steroid dienone is 3. The summed E-state index contributed by atoms with van der Waals surface area (Å²) in [6.07, 6.45) is 16.8. The number of halogens is 1. The molecular weight excluding hydrogens is 406 g/mol. The Morgan fingerprint density at radius 2 is 1.17 bits per heavy atom. The first-order valence-corrected chi connectivity index (χ1v) is 10.7. The van der Waals surface area contributed by atoms with E-state index in [1.54, 1.807) is 40.8 Å². The van der Waals surface area contributed by atoms with Crippen LogP contribution in [0.4, 0.5) is 0 Å². The smallest absolute Gasteiger partial charge is 0.157 e. The van der Waals surface area contributed by atoms with Crippen LogP contribution in [0.5, 0.6) is 0 Å². The van der Waals surface area contributed by atoms with Gasteiger partial charge in [-0.25, -0.2) is 0 Å². The van der Waals surface area contributed by atoms with E-state index in [1.165, 1.54) is 0 Å². The zero-order valence-electron chi connectivity index (χ0n) is 18.9. The predicted molar refractivity (Wildman–Crippen MR) is 124 cm³/mol. The van der Waals surface area contributed by atoms with Crippen LogP contribution in [0, 0.1) is 0 Å². The van der Waals surface area contributed by atoms with Crippen LogP contribution in [-0.4, -0.2) is 63.6 Å². The Labute approximate surface area is 187 Å². The predicted octanol–water partition coefficient (Wildman–Crippen LogP) is 4.98. The molecule has 0 bridgehead atoms. The van der Waals surface area contributed by atoms with E-state index in [0.717, 1.165) is 38.5 Å². The van der Waals surface area contributed by atoms with Gasteiger partial charge in [-0.05, 0) is 37.8 Å². The third kappa shape index (κ3) is 24.8. The third-order valence-corrected chi connectivity index (χ3v) is 3.88. The van der Waals surface area contributed by atoms with Crippen LogP contribution in [-0.2, 0) is 18.9 Å². The SMILES string of the molecule is COC(CC/C=C\CCCl)OC.COC(CC/C=C\CCO)OC.c1ccncc1. The normalized spacial score (nSPS) is 10.9. The van der Waals surface area contributed by atoms with E-state index in [1.807, 2.05) is 30.4 Å². The highest BCUT2D eigenvalue weighted by Crippen LogP contribution is 2.03. The maximum absolute atomic E-state index is 8.47. The molecule has 0 aromatic carbocycles. The summed E-state index contributed by atoms with van der Waals surface area (Å²) < 4.78 is 20.0. The first-order chi connectivity index (χ1) is 14.7. The third-order valence-electron chi connectivity index (χ3n) is 3.66. The van der Waals surface area contributed by atoms with Gasteiger partial charge in [-0.1, -0.05) is 30.4 Å². The number of rotatable bonds is 14. The van der Waals surface area contributed by atoms with Crippen molar-refractivity contribution in [1.82, 2.24) is 4.98 Å². The maximum Gasteiger partial charge on any atom is 0.157 e. The van der Waals surface area contributed by atoms with Gasteiger partial charge in [-0.2, -0.15) is 0 Å². The van der Waals surface area contributed by atoms with Gasteiger partial charge >= 0.3 is 0 Å². The van der Waals surface area contributed by atoms with E-state index < -0.39 is 0 Å². The molecule has 0 amide bonds. The monoisotopic (exact) mass is 445 g/mol. The van der Waals surface area contributed by atoms with E-state index in [0.29, 0.717) is 5.88 Å². The summed E-state index contributed by atoms with van der Waals surface area (Å²) in [7, 11) is 6.56. The first-order valence-electron chi connectivity index (χ1n) is 10.1. The Kier molecular flexibility index (Phi) is 28.6. The Bertz CT molecular complexity index is 411. The van der Waals surface area contributed by atoms with Crippen molar-refractivity contribution in [2.75, 3.05) is 40.9 Å². The number of hydrogen-bond donors (Lipinski definition) is 1. The molecule has 0 fully saturated rings. The number of alkyl halides is 1. The molecular formula is C23H40ClNO5. The molecule has 0 unspecified atom stereocenters. The zero-order valence-corrected chi connectivity index (χ0v) is 19.7. The summed E-state index contributed by atoms with van der Waals surface area (Å²) in [5.74, 6) is 0.689. The summed E-state index contributed by atoms with van der Waals surface area (Å²) in [5, 5.41) is 8.47. The minimum absolute atomic E-state index is 0.0781. The van der Waals surface area contributed by atoms with Crippen molar-refractivity contribution in [3.05, 3.63) is 54.9 Å². The molecule has 1 rings (SSSR count). The van der Waals surface area contributed by atoms with Gasteiger partial charge in [0.1, 0.15) is 0 Å². The van der Waals surface area contributed by atoms with Crippen LogP contribution in [0.15, 0.2) is 54.9 Å². The lowest BCUT2D eigenvalue weighted by Gasteiger charge is -2.10. The molecule has 0 radical (unpaired) electrons. The molecule has 0 spiro atoms. The Hall–Kier alpha value is -1.28. The van der Waals surface area contributed by atoms with Gasteiger partial charge in [0, 0.05) is 66.2 Å². The van der Waals surface area contributed by atoms with Crippen molar-refractivity contribution in [2.24, 2.45) is 0 Å². The second kappa shape index (κ2) is 27.7. The minimum Gasteiger partial charge on any atom is -0.396 e. The summed E-state index contributed by atoms with van der Waals surface area (Å²) >= 11 is 5.50. The van der Waals surface area contributed by atoms with Gasteiger partial charge in [0.05, 0.1) is 0 Å². The molecule has 30 heavy (non-hydrogen) atoms. The molecule has 0 atom stereocenters. The van der Waals surface area contributed by atoms with Crippen LogP contribution in [0.25, 0.3) is 0 Å². The average Bonchev–Trinajstić information content (AvgIpc) is 2.81. The summed E-state index contributed by atoms with van der Waals surface area (Å²) in [6.45, 7) is 0.217. The fraction of sp³-hybridized carbons (Fsp3) is 0.609. The molecule has 0 aliphatic rings. The highest BCUT2D eigenvalue weighted by Gasteiger charge is 2.01. The lowest BCUT2D eigenvalue weighted by molar-refractivity contribution is -0.105. The van der Waals surface area contributed by atoms with E-state index in [2.05, 4.69) is 17.1 Å². The number of pyridine rings is 1. The lowest BCUT2D eigenvalue weighted by atomic mass is 10.2. The molecule has 1 N–H and O–H groups in total.